The van der Waals surface area contributed by atoms with Crippen molar-refractivity contribution in [2.75, 3.05) is 5.88 Å². The average molecular weight is 174 g/mol. The van der Waals surface area contributed by atoms with Crippen molar-refractivity contribution in [2.45, 2.75) is 6.42 Å². The van der Waals surface area contributed by atoms with Crippen molar-refractivity contribution < 1.29 is 5.11 Å². The third-order valence-corrected chi connectivity index (χ3v) is 1.54. The maximum atomic E-state index is 10.6. The molecule has 0 radical (unpaired) electrons. The Morgan fingerprint density at radius 3 is 2.91 bits per heavy atom. The molecule has 1 heterocycles. The van der Waals surface area contributed by atoms with Gasteiger partial charge in [-0.15, -0.1) is 11.6 Å². The van der Waals surface area contributed by atoms with Gasteiger partial charge in [-0.3, -0.25) is 4.79 Å². The summed E-state index contributed by atoms with van der Waals surface area (Å²) < 4.78 is 0. The lowest BCUT2D eigenvalue weighted by atomic mass is 10.2. The minimum absolute atomic E-state index is 0.00870. The van der Waals surface area contributed by atoms with Gasteiger partial charge in [0.05, 0.1) is 0 Å². The molecule has 0 fully saturated rings. The predicted octanol–water partition coefficient (Wildman–Crippen LogP) is 0.862. The van der Waals surface area contributed by atoms with Gasteiger partial charge in [0.1, 0.15) is 5.75 Å². The molecule has 0 amide bonds. The lowest BCUT2D eigenvalue weighted by molar-refractivity contribution is 0.467. The van der Waals surface area contributed by atoms with Gasteiger partial charge in [0.25, 0.3) is 5.56 Å². The van der Waals surface area contributed by atoms with Gasteiger partial charge < -0.3 is 10.1 Å². The SMILES string of the molecule is O=c1cc(O)c(CCCl)c[nH]1. The topological polar surface area (TPSA) is 53.1 Å². The molecular formula is C7H8ClNO2. The van der Waals surface area contributed by atoms with Crippen molar-refractivity contribution in [2.24, 2.45) is 0 Å². The largest absolute Gasteiger partial charge is 0.507 e. The van der Waals surface area contributed by atoms with Crippen LogP contribution in [0.25, 0.3) is 0 Å². The van der Waals surface area contributed by atoms with E-state index in [2.05, 4.69) is 4.98 Å². The van der Waals surface area contributed by atoms with Crippen molar-refractivity contribution >= 4 is 11.6 Å². The number of hydrogen-bond donors (Lipinski definition) is 2. The Morgan fingerprint density at radius 1 is 1.64 bits per heavy atom. The molecule has 3 nitrogen and oxygen atoms in total. The van der Waals surface area contributed by atoms with Gasteiger partial charge in [0, 0.05) is 23.7 Å². The first-order valence-corrected chi connectivity index (χ1v) is 3.74. The lowest BCUT2D eigenvalue weighted by Crippen LogP contribution is -2.04. The minimum atomic E-state index is -0.305. The Labute approximate surface area is 68.6 Å². The van der Waals surface area contributed by atoms with Crippen LogP contribution < -0.4 is 5.56 Å². The Kier molecular flexibility index (Phi) is 2.54. The molecule has 1 rings (SSSR count). The Bertz CT molecular complexity index is 295. The van der Waals surface area contributed by atoms with E-state index in [1.807, 2.05) is 0 Å². The summed E-state index contributed by atoms with van der Waals surface area (Å²) in [5, 5.41) is 9.14. The standard InChI is InChI=1S/C7H8ClNO2/c8-2-1-5-4-9-7(11)3-6(5)10/h3-4H,1-2H2,(H2,9,10,11). The molecule has 4 heteroatoms. The summed E-state index contributed by atoms with van der Waals surface area (Å²) >= 11 is 5.44. The summed E-state index contributed by atoms with van der Waals surface area (Å²) in [6, 6.07) is 1.14. The third kappa shape index (κ3) is 1.98. The number of aromatic nitrogens is 1. The van der Waals surface area contributed by atoms with Gasteiger partial charge in [-0.1, -0.05) is 0 Å². The first kappa shape index (κ1) is 8.14. The monoisotopic (exact) mass is 173 g/mol. The summed E-state index contributed by atoms with van der Waals surface area (Å²) in [6.07, 6.45) is 2.03. The maximum Gasteiger partial charge on any atom is 0.251 e. The molecule has 11 heavy (non-hydrogen) atoms. The number of aryl methyl sites for hydroxylation is 1. The number of pyridine rings is 1. The highest BCUT2D eigenvalue weighted by atomic mass is 35.5. The summed E-state index contributed by atoms with van der Waals surface area (Å²) in [5.74, 6) is 0.439. The number of nitrogens with one attached hydrogen (secondary N) is 1. The van der Waals surface area contributed by atoms with Gasteiger partial charge in [0.15, 0.2) is 0 Å². The summed E-state index contributed by atoms with van der Waals surface area (Å²) in [4.78, 5) is 13.0. The van der Waals surface area contributed by atoms with Crippen LogP contribution >= 0.6 is 11.6 Å². The van der Waals surface area contributed by atoms with Crippen molar-refractivity contribution in [3.05, 3.63) is 28.2 Å². The fourth-order valence-electron chi connectivity index (χ4n) is 0.793. The van der Waals surface area contributed by atoms with Gasteiger partial charge in [-0.25, -0.2) is 0 Å². The number of alkyl halides is 1. The molecule has 1 aromatic rings. The number of H-pyrrole nitrogens is 1. The number of aromatic hydroxyl groups is 1. The fourth-order valence-corrected chi connectivity index (χ4v) is 0.996. The van der Waals surface area contributed by atoms with Crippen LogP contribution in [-0.4, -0.2) is 16.0 Å². The highest BCUT2D eigenvalue weighted by molar-refractivity contribution is 6.18. The maximum absolute atomic E-state index is 10.6. The van der Waals surface area contributed by atoms with Crippen LogP contribution in [0.4, 0.5) is 0 Å². The number of rotatable bonds is 2. The predicted molar refractivity (Wildman–Crippen MR) is 43.2 cm³/mol. The second-order valence-corrected chi connectivity index (χ2v) is 2.52. The first-order chi connectivity index (χ1) is 5.24. The number of hydrogen-bond acceptors (Lipinski definition) is 2. The molecule has 60 valence electrons. The Hall–Kier alpha value is -0.960. The van der Waals surface area contributed by atoms with Crippen LogP contribution in [0, 0.1) is 0 Å². The smallest absolute Gasteiger partial charge is 0.251 e. The molecule has 0 aliphatic rings. The zero-order valence-corrected chi connectivity index (χ0v) is 6.56. The zero-order chi connectivity index (χ0) is 8.27. The van der Waals surface area contributed by atoms with E-state index in [0.717, 1.165) is 6.07 Å². The highest BCUT2D eigenvalue weighted by Gasteiger charge is 1.99. The molecule has 0 saturated heterocycles. The quantitative estimate of drug-likeness (QED) is 0.652. The highest BCUT2D eigenvalue weighted by Crippen LogP contribution is 2.12. The second-order valence-electron chi connectivity index (χ2n) is 2.15. The van der Waals surface area contributed by atoms with Crippen molar-refractivity contribution in [1.82, 2.24) is 4.98 Å². The van der Waals surface area contributed by atoms with Gasteiger partial charge in [0.2, 0.25) is 0 Å². The van der Waals surface area contributed by atoms with E-state index >= 15 is 0 Å². The zero-order valence-electron chi connectivity index (χ0n) is 5.80. The van der Waals surface area contributed by atoms with Crippen LogP contribution in [0.3, 0.4) is 0 Å². The van der Waals surface area contributed by atoms with Crippen LogP contribution in [0.1, 0.15) is 5.56 Å². The van der Waals surface area contributed by atoms with Crippen molar-refractivity contribution in [1.29, 1.82) is 0 Å². The lowest BCUT2D eigenvalue weighted by Gasteiger charge is -1.98. The van der Waals surface area contributed by atoms with Crippen LogP contribution in [0.2, 0.25) is 0 Å². The molecule has 0 spiro atoms. The molecule has 0 unspecified atom stereocenters. The van der Waals surface area contributed by atoms with Gasteiger partial charge >= 0.3 is 0 Å². The molecule has 0 bridgehead atoms. The molecule has 0 aromatic carbocycles. The third-order valence-electron chi connectivity index (χ3n) is 1.35. The summed E-state index contributed by atoms with van der Waals surface area (Å²) in [5.41, 5.74) is 0.362. The molecule has 0 saturated carbocycles. The molecule has 2 N–H and O–H groups in total. The Balaban J connectivity index is 2.99. The molecule has 0 aliphatic carbocycles. The molecule has 0 aliphatic heterocycles. The first-order valence-electron chi connectivity index (χ1n) is 3.20. The van der Waals surface area contributed by atoms with Crippen LogP contribution in [0.5, 0.6) is 5.75 Å². The average Bonchev–Trinajstić information content (AvgIpc) is 1.95. The molecule has 1 aromatic heterocycles. The Morgan fingerprint density at radius 2 is 2.36 bits per heavy atom. The molecular weight excluding hydrogens is 166 g/mol. The van der Waals surface area contributed by atoms with Crippen molar-refractivity contribution in [3.8, 4) is 5.75 Å². The number of halogens is 1. The summed E-state index contributed by atoms with van der Waals surface area (Å²) in [7, 11) is 0. The second kappa shape index (κ2) is 3.44. The van der Waals surface area contributed by atoms with Crippen molar-refractivity contribution in [3.63, 3.8) is 0 Å². The van der Waals surface area contributed by atoms with E-state index in [9.17, 15) is 4.79 Å². The van der Waals surface area contributed by atoms with E-state index in [4.69, 9.17) is 16.7 Å². The van der Waals surface area contributed by atoms with Gasteiger partial charge in [-0.05, 0) is 6.42 Å². The minimum Gasteiger partial charge on any atom is -0.507 e. The van der Waals surface area contributed by atoms with E-state index in [-0.39, 0.29) is 11.3 Å². The van der Waals surface area contributed by atoms with E-state index in [1.165, 1.54) is 6.20 Å². The van der Waals surface area contributed by atoms with Gasteiger partial charge in [-0.2, -0.15) is 0 Å². The number of aromatic amines is 1. The van der Waals surface area contributed by atoms with Crippen LogP contribution in [0.15, 0.2) is 17.1 Å². The van der Waals surface area contributed by atoms with E-state index in [1.54, 1.807) is 0 Å². The fraction of sp³-hybridized carbons (Fsp3) is 0.286. The van der Waals surface area contributed by atoms with Crippen LogP contribution in [-0.2, 0) is 6.42 Å². The van der Waals surface area contributed by atoms with E-state index in [0.29, 0.717) is 17.9 Å². The normalized spacial score (nSPS) is 9.91. The van der Waals surface area contributed by atoms with E-state index < -0.39 is 0 Å². The summed E-state index contributed by atoms with van der Waals surface area (Å²) in [6.45, 7) is 0. The molecule has 0 atom stereocenters.